The fourth-order valence-corrected chi connectivity index (χ4v) is 3.91. The summed E-state index contributed by atoms with van der Waals surface area (Å²) in [5.74, 6) is -0.858. The molecule has 34 heavy (non-hydrogen) atoms. The monoisotopic (exact) mass is 469 g/mol. The normalized spacial score (nSPS) is 11.6. The first kappa shape index (κ1) is 27.3. The van der Waals surface area contributed by atoms with Crippen molar-refractivity contribution in [2.24, 2.45) is 0 Å². The van der Waals surface area contributed by atoms with Gasteiger partial charge in [-0.1, -0.05) is 36.4 Å². The summed E-state index contributed by atoms with van der Waals surface area (Å²) in [6.07, 6.45) is 8.97. The van der Waals surface area contributed by atoms with Crippen molar-refractivity contribution >= 4 is 35.8 Å². The van der Waals surface area contributed by atoms with Crippen LogP contribution in [0.1, 0.15) is 33.5 Å². The van der Waals surface area contributed by atoms with Gasteiger partial charge in [-0.15, -0.1) is 0 Å². The van der Waals surface area contributed by atoms with Crippen LogP contribution >= 0.6 is 11.8 Å². The van der Waals surface area contributed by atoms with E-state index in [1.807, 2.05) is 49.6 Å². The molecule has 8 heteroatoms. The van der Waals surface area contributed by atoms with Crippen LogP contribution in [0.2, 0.25) is 0 Å². The van der Waals surface area contributed by atoms with Gasteiger partial charge in [-0.2, -0.15) is 11.8 Å². The molecular formula is C26H26LiN2O4S+. The summed E-state index contributed by atoms with van der Waals surface area (Å²) >= 11 is 1.53. The quantitative estimate of drug-likeness (QED) is 0.412. The first-order valence-electron chi connectivity index (χ1n) is 10.5. The van der Waals surface area contributed by atoms with E-state index in [0.717, 1.165) is 16.7 Å². The number of aryl methyl sites for hydroxylation is 1. The molecule has 0 spiro atoms. The van der Waals surface area contributed by atoms with E-state index in [1.165, 1.54) is 17.8 Å². The Labute approximate surface area is 215 Å². The number of pyridine rings is 1. The van der Waals surface area contributed by atoms with E-state index in [4.69, 9.17) is 0 Å². The van der Waals surface area contributed by atoms with E-state index in [1.54, 1.807) is 30.6 Å². The van der Waals surface area contributed by atoms with Gasteiger partial charge in [0.15, 0.2) is 5.43 Å². The summed E-state index contributed by atoms with van der Waals surface area (Å²) in [6, 6.07) is 13.6. The maximum absolute atomic E-state index is 13.1. The van der Waals surface area contributed by atoms with Crippen molar-refractivity contribution in [3.63, 3.8) is 0 Å². The van der Waals surface area contributed by atoms with Gasteiger partial charge in [0.1, 0.15) is 6.04 Å². The minimum Gasteiger partial charge on any atom is -0.480 e. The van der Waals surface area contributed by atoms with Gasteiger partial charge in [0.05, 0.1) is 0 Å². The fourth-order valence-electron chi connectivity index (χ4n) is 3.44. The number of carbonyl (C=O) groups excluding carboxylic acids is 1. The number of hydrogen-bond donors (Lipinski definition) is 3. The Hall–Kier alpha value is -2.98. The van der Waals surface area contributed by atoms with Crippen LogP contribution in [0.5, 0.6) is 0 Å². The molecule has 2 aromatic carbocycles. The maximum atomic E-state index is 13.1. The van der Waals surface area contributed by atoms with Crippen LogP contribution in [-0.2, 0) is 4.79 Å². The third kappa shape index (κ3) is 7.01. The van der Waals surface area contributed by atoms with E-state index in [0.29, 0.717) is 28.9 Å². The third-order valence-corrected chi connectivity index (χ3v) is 5.89. The van der Waals surface area contributed by atoms with Crippen LogP contribution in [-0.4, -0.2) is 40.0 Å². The first-order chi connectivity index (χ1) is 15.9. The number of aromatic amines is 1. The van der Waals surface area contributed by atoms with Gasteiger partial charge in [-0.05, 0) is 65.8 Å². The Kier molecular flexibility index (Phi) is 10.5. The molecular weight excluding hydrogens is 443 g/mol. The molecule has 0 aliphatic carbocycles. The second-order valence-corrected chi connectivity index (χ2v) is 8.55. The molecule has 0 bridgehead atoms. The number of benzene rings is 2. The minimum atomic E-state index is -1.05. The zero-order chi connectivity index (χ0) is 23.8. The Morgan fingerprint density at radius 3 is 2.56 bits per heavy atom. The predicted molar refractivity (Wildman–Crippen MR) is 134 cm³/mol. The second-order valence-electron chi connectivity index (χ2n) is 7.56. The molecule has 1 amide bonds. The molecule has 0 saturated heterocycles. The van der Waals surface area contributed by atoms with E-state index in [2.05, 4.69) is 10.3 Å². The van der Waals surface area contributed by atoms with Crippen molar-refractivity contribution in [3.8, 4) is 11.1 Å². The number of carbonyl (C=O) groups is 2. The molecule has 3 N–H and O–H groups in total. The van der Waals surface area contributed by atoms with E-state index >= 15 is 0 Å². The van der Waals surface area contributed by atoms with Crippen LogP contribution in [0.25, 0.3) is 23.3 Å². The van der Waals surface area contributed by atoms with Crippen molar-refractivity contribution < 1.29 is 33.6 Å². The van der Waals surface area contributed by atoms with Crippen molar-refractivity contribution in [2.75, 3.05) is 12.0 Å². The molecule has 1 unspecified atom stereocenters. The smallest absolute Gasteiger partial charge is 0.480 e. The molecule has 0 radical (unpaired) electrons. The van der Waals surface area contributed by atoms with Crippen molar-refractivity contribution in [2.45, 2.75) is 19.4 Å². The van der Waals surface area contributed by atoms with Gasteiger partial charge in [-0.25, -0.2) is 4.79 Å². The number of aliphatic carboxylic acids is 1. The van der Waals surface area contributed by atoms with Crippen molar-refractivity contribution in [3.05, 3.63) is 93.4 Å². The Bertz CT molecular complexity index is 1240. The summed E-state index contributed by atoms with van der Waals surface area (Å²) < 4.78 is 0. The molecule has 170 valence electrons. The SMILES string of the molecule is CSCCC(NC(=O)c1ccc(/C=C/c2c[nH]ccc2=O)cc1-c1ccccc1C)C(=O)O.[Li+]. The molecule has 0 aliphatic heterocycles. The van der Waals surface area contributed by atoms with Crippen LogP contribution in [0.3, 0.4) is 0 Å². The summed E-state index contributed by atoms with van der Waals surface area (Å²) in [7, 11) is 0. The van der Waals surface area contributed by atoms with E-state index < -0.39 is 17.9 Å². The van der Waals surface area contributed by atoms with Crippen molar-refractivity contribution in [1.29, 1.82) is 0 Å². The van der Waals surface area contributed by atoms with Crippen LogP contribution in [0.15, 0.2) is 65.7 Å². The number of carboxylic acids is 1. The molecule has 1 aromatic heterocycles. The Morgan fingerprint density at radius 1 is 1.12 bits per heavy atom. The summed E-state index contributed by atoms with van der Waals surface area (Å²) in [5, 5.41) is 12.2. The van der Waals surface area contributed by atoms with Crippen LogP contribution in [0.4, 0.5) is 0 Å². The van der Waals surface area contributed by atoms with Gasteiger partial charge in [0.2, 0.25) is 0 Å². The minimum absolute atomic E-state index is 0. The Morgan fingerprint density at radius 2 is 1.88 bits per heavy atom. The number of H-pyrrole nitrogens is 1. The van der Waals surface area contributed by atoms with Gasteiger partial charge < -0.3 is 15.4 Å². The van der Waals surface area contributed by atoms with E-state index in [9.17, 15) is 19.5 Å². The van der Waals surface area contributed by atoms with Crippen LogP contribution in [0, 0.1) is 6.92 Å². The largest absolute Gasteiger partial charge is 1.00 e. The summed E-state index contributed by atoms with van der Waals surface area (Å²) in [6.45, 7) is 1.96. The van der Waals surface area contributed by atoms with E-state index in [-0.39, 0.29) is 24.3 Å². The number of carboxylic acid groups (broad SMARTS) is 1. The average molecular weight is 470 g/mol. The van der Waals surface area contributed by atoms with Gasteiger partial charge in [-0.3, -0.25) is 9.59 Å². The zero-order valence-corrected chi connectivity index (χ0v) is 20.3. The Balaban J connectivity index is 0.00000408. The molecule has 0 aliphatic rings. The van der Waals surface area contributed by atoms with Crippen LogP contribution < -0.4 is 29.6 Å². The molecule has 0 fully saturated rings. The number of nitrogens with one attached hydrogen (secondary N) is 2. The maximum Gasteiger partial charge on any atom is 1.00 e. The van der Waals surface area contributed by atoms with Gasteiger partial charge >= 0.3 is 24.8 Å². The molecule has 6 nitrogen and oxygen atoms in total. The summed E-state index contributed by atoms with van der Waals surface area (Å²) in [5.41, 5.74) is 4.21. The molecule has 3 aromatic rings. The summed E-state index contributed by atoms with van der Waals surface area (Å²) in [4.78, 5) is 39.6. The number of rotatable bonds is 9. The van der Waals surface area contributed by atoms with Crippen molar-refractivity contribution in [1.82, 2.24) is 10.3 Å². The number of amides is 1. The predicted octanol–water partition coefficient (Wildman–Crippen LogP) is 1.46. The first-order valence-corrected chi connectivity index (χ1v) is 11.9. The third-order valence-electron chi connectivity index (χ3n) is 5.25. The molecule has 1 heterocycles. The number of hydrogen-bond acceptors (Lipinski definition) is 4. The molecule has 0 saturated carbocycles. The fraction of sp³-hybridized carbons (Fsp3) is 0.192. The second kappa shape index (κ2) is 13.0. The topological polar surface area (TPSA) is 99.3 Å². The standard InChI is InChI=1S/C26H26N2O4S.Li/c1-17-5-3-4-6-20(17)22-15-18(7-9-19-16-27-13-11-24(19)29)8-10-21(22)25(30)28-23(26(31)32)12-14-33-2;/h3-11,13,15-16,23H,12,14H2,1-2H3,(H,27,29)(H,28,30)(H,31,32);/q;+1/b9-7+;. The van der Waals surface area contributed by atoms with Gasteiger partial charge in [0, 0.05) is 29.6 Å². The molecule has 1 atom stereocenters. The molecule has 3 rings (SSSR count). The zero-order valence-electron chi connectivity index (χ0n) is 19.5. The number of thioether (sulfide) groups is 1. The number of aromatic nitrogens is 1. The van der Waals surface area contributed by atoms with Gasteiger partial charge in [0.25, 0.3) is 5.91 Å². The average Bonchev–Trinajstić information content (AvgIpc) is 2.81.